The zero-order valence-electron chi connectivity index (χ0n) is 19.3. The third kappa shape index (κ3) is 5.38. The molecule has 2 N–H and O–H groups in total. The quantitative estimate of drug-likeness (QED) is 0.446. The van der Waals surface area contributed by atoms with Gasteiger partial charge in [0.1, 0.15) is 11.4 Å². The molecule has 8 nitrogen and oxygen atoms in total. The van der Waals surface area contributed by atoms with Crippen LogP contribution in [0.25, 0.3) is 0 Å². The number of hydrogen-bond acceptors (Lipinski definition) is 7. The summed E-state index contributed by atoms with van der Waals surface area (Å²) < 4.78 is 8.19. The summed E-state index contributed by atoms with van der Waals surface area (Å²) in [6.45, 7) is 3.96. The van der Waals surface area contributed by atoms with Crippen LogP contribution in [0.5, 0.6) is 0 Å². The van der Waals surface area contributed by atoms with E-state index in [4.69, 9.17) is 10.5 Å². The zero-order chi connectivity index (χ0) is 24.1. The second-order valence-corrected chi connectivity index (χ2v) is 9.50. The number of rotatable bonds is 10. The Hall–Kier alpha value is -3.01. The van der Waals surface area contributed by atoms with Crippen molar-refractivity contribution in [3.8, 4) is 0 Å². The molecule has 180 valence electrons. The molecule has 0 saturated carbocycles. The van der Waals surface area contributed by atoms with E-state index in [2.05, 4.69) is 0 Å². The Balaban J connectivity index is 1.66. The van der Waals surface area contributed by atoms with Crippen LogP contribution < -0.4 is 17.0 Å². The molecule has 1 fully saturated rings. The average molecular weight is 483 g/mol. The van der Waals surface area contributed by atoms with Gasteiger partial charge in [-0.25, -0.2) is 4.79 Å². The second kappa shape index (κ2) is 10.9. The molecule has 0 amide bonds. The van der Waals surface area contributed by atoms with Crippen molar-refractivity contribution in [3.05, 3.63) is 84.7 Å². The largest absolute Gasteiger partial charge is 0.384 e. The van der Waals surface area contributed by atoms with Crippen LogP contribution in [0.15, 0.2) is 57.4 Å². The van der Waals surface area contributed by atoms with E-state index in [9.17, 15) is 14.4 Å². The highest BCUT2D eigenvalue weighted by Gasteiger charge is 2.26. The van der Waals surface area contributed by atoms with Gasteiger partial charge in [-0.15, -0.1) is 11.3 Å². The highest BCUT2D eigenvalue weighted by molar-refractivity contribution is 7.09. The Morgan fingerprint density at radius 1 is 1.18 bits per heavy atom. The summed E-state index contributed by atoms with van der Waals surface area (Å²) in [4.78, 5) is 42.8. The van der Waals surface area contributed by atoms with Gasteiger partial charge in [0.05, 0.1) is 19.2 Å². The molecule has 34 heavy (non-hydrogen) atoms. The molecule has 3 heterocycles. The molecule has 0 bridgehead atoms. The highest BCUT2D eigenvalue weighted by Crippen LogP contribution is 2.18. The van der Waals surface area contributed by atoms with Crippen LogP contribution in [-0.2, 0) is 24.4 Å². The predicted molar refractivity (Wildman–Crippen MR) is 133 cm³/mol. The number of hydrogen-bond donors (Lipinski definition) is 1. The van der Waals surface area contributed by atoms with E-state index in [0.717, 1.165) is 34.5 Å². The molecule has 2 aromatic heterocycles. The summed E-state index contributed by atoms with van der Waals surface area (Å²) in [6, 6.07) is 13.4. The maximum atomic E-state index is 13.5. The standard InChI is InChI=1S/C25H30N4O4S/c1-2-28-24(31)22(23(26)29(25(28)32)14-18-8-4-3-5-9-18)21(30)17-27(15-19-10-6-12-33-19)16-20-11-7-13-34-20/h3-5,7-9,11,13,19H,2,6,10,12,14-17,26H2,1H3. The first-order valence-electron chi connectivity index (χ1n) is 11.5. The lowest BCUT2D eigenvalue weighted by Gasteiger charge is -2.24. The number of ether oxygens (including phenoxy) is 1. The molecule has 1 aliphatic rings. The minimum absolute atomic E-state index is 0.0183. The molecule has 9 heteroatoms. The highest BCUT2D eigenvalue weighted by atomic mass is 32.1. The summed E-state index contributed by atoms with van der Waals surface area (Å²) in [6.07, 6.45) is 2.01. The van der Waals surface area contributed by atoms with Crippen molar-refractivity contribution in [1.82, 2.24) is 14.0 Å². The fourth-order valence-electron chi connectivity index (χ4n) is 4.34. The molecule has 0 radical (unpaired) electrons. The van der Waals surface area contributed by atoms with Crippen LogP contribution in [0.3, 0.4) is 0 Å². The van der Waals surface area contributed by atoms with Crippen molar-refractivity contribution < 1.29 is 9.53 Å². The number of benzene rings is 1. The van der Waals surface area contributed by atoms with Gasteiger partial charge >= 0.3 is 5.69 Å². The van der Waals surface area contributed by atoms with Crippen LogP contribution in [-0.4, -0.2) is 45.6 Å². The summed E-state index contributed by atoms with van der Waals surface area (Å²) in [5, 5.41) is 2.00. The molecule has 0 aliphatic carbocycles. The topological polar surface area (TPSA) is 99.6 Å². The fraction of sp³-hybridized carbons (Fsp3) is 0.400. The van der Waals surface area contributed by atoms with E-state index in [1.54, 1.807) is 18.3 Å². The number of carbonyl (C=O) groups is 1. The number of thiophene rings is 1. The van der Waals surface area contributed by atoms with Gasteiger partial charge in [-0.1, -0.05) is 36.4 Å². The predicted octanol–water partition coefficient (Wildman–Crippen LogP) is 2.59. The van der Waals surface area contributed by atoms with Crippen molar-refractivity contribution in [2.75, 3.05) is 25.4 Å². The summed E-state index contributed by atoms with van der Waals surface area (Å²) >= 11 is 1.62. The van der Waals surface area contributed by atoms with E-state index in [1.807, 2.05) is 52.7 Å². The van der Waals surface area contributed by atoms with Crippen LogP contribution in [0.4, 0.5) is 5.82 Å². The number of nitrogens with two attached hydrogens (primary N) is 1. The summed E-state index contributed by atoms with van der Waals surface area (Å²) in [7, 11) is 0. The monoisotopic (exact) mass is 482 g/mol. The second-order valence-electron chi connectivity index (χ2n) is 8.47. The first kappa shape index (κ1) is 24.1. The number of nitrogens with zero attached hydrogens (tertiary/aromatic N) is 3. The van der Waals surface area contributed by atoms with Gasteiger partial charge in [-0.2, -0.15) is 0 Å². The fourth-order valence-corrected chi connectivity index (χ4v) is 5.09. The number of aromatic nitrogens is 2. The molecular formula is C25H30N4O4S. The van der Waals surface area contributed by atoms with Crippen LogP contribution in [0, 0.1) is 0 Å². The van der Waals surface area contributed by atoms with E-state index in [0.29, 0.717) is 13.1 Å². The molecule has 1 aromatic carbocycles. The van der Waals surface area contributed by atoms with Crippen molar-refractivity contribution in [2.45, 2.75) is 45.5 Å². The smallest absolute Gasteiger partial charge is 0.332 e. The maximum Gasteiger partial charge on any atom is 0.332 e. The van der Waals surface area contributed by atoms with Gasteiger partial charge in [0.25, 0.3) is 5.56 Å². The Kier molecular flexibility index (Phi) is 7.77. The molecule has 1 saturated heterocycles. The lowest BCUT2D eigenvalue weighted by atomic mass is 10.1. The first-order valence-corrected chi connectivity index (χ1v) is 12.4. The Bertz CT molecular complexity index is 1230. The van der Waals surface area contributed by atoms with E-state index in [1.165, 1.54) is 4.57 Å². The van der Waals surface area contributed by atoms with Crippen molar-refractivity contribution in [1.29, 1.82) is 0 Å². The molecule has 3 aromatic rings. The zero-order valence-corrected chi connectivity index (χ0v) is 20.1. The number of carbonyl (C=O) groups excluding carboxylic acids is 1. The number of ketones is 1. The van der Waals surface area contributed by atoms with Gasteiger partial charge in [0, 0.05) is 31.1 Å². The normalized spacial score (nSPS) is 15.8. The van der Waals surface area contributed by atoms with E-state index >= 15 is 0 Å². The summed E-state index contributed by atoms with van der Waals surface area (Å²) in [5.74, 6) is -0.470. The lowest BCUT2D eigenvalue weighted by Crippen LogP contribution is -2.45. The van der Waals surface area contributed by atoms with Gasteiger partial charge in [0.2, 0.25) is 0 Å². The van der Waals surface area contributed by atoms with Gasteiger partial charge in [0.15, 0.2) is 5.78 Å². The molecule has 1 unspecified atom stereocenters. The third-order valence-corrected chi connectivity index (χ3v) is 6.92. The minimum atomic E-state index is -0.632. The van der Waals surface area contributed by atoms with E-state index in [-0.39, 0.29) is 42.9 Å². The maximum absolute atomic E-state index is 13.5. The molecule has 1 atom stereocenters. The van der Waals surface area contributed by atoms with Crippen LogP contribution in [0.2, 0.25) is 0 Å². The number of anilines is 1. The number of Topliss-reactive ketones (excluding diaryl/α,β-unsaturated/α-hetero) is 1. The lowest BCUT2D eigenvalue weighted by molar-refractivity contribution is 0.0652. The minimum Gasteiger partial charge on any atom is -0.384 e. The van der Waals surface area contributed by atoms with Gasteiger partial charge in [-0.05, 0) is 36.8 Å². The summed E-state index contributed by atoms with van der Waals surface area (Å²) in [5.41, 5.74) is 5.91. The molecule has 0 spiro atoms. The third-order valence-electron chi connectivity index (χ3n) is 6.06. The molecular weight excluding hydrogens is 452 g/mol. The SMILES string of the molecule is CCn1c(=O)c(C(=O)CN(Cc2cccs2)CC2CCCO2)c(N)n(Cc2ccccc2)c1=O. The van der Waals surface area contributed by atoms with Gasteiger partial charge in [-0.3, -0.25) is 23.6 Å². The van der Waals surface area contributed by atoms with E-state index < -0.39 is 11.2 Å². The van der Waals surface area contributed by atoms with Crippen molar-refractivity contribution in [3.63, 3.8) is 0 Å². The first-order chi connectivity index (χ1) is 16.5. The van der Waals surface area contributed by atoms with Gasteiger partial charge < -0.3 is 10.5 Å². The Morgan fingerprint density at radius 2 is 1.97 bits per heavy atom. The van der Waals surface area contributed by atoms with Crippen molar-refractivity contribution >= 4 is 22.9 Å². The molecule has 1 aliphatic heterocycles. The van der Waals surface area contributed by atoms with Crippen LogP contribution in [0.1, 0.15) is 40.6 Å². The van der Waals surface area contributed by atoms with Crippen molar-refractivity contribution in [2.24, 2.45) is 0 Å². The number of nitrogen functional groups attached to an aromatic ring is 1. The Morgan fingerprint density at radius 3 is 2.62 bits per heavy atom. The average Bonchev–Trinajstić information content (AvgIpc) is 3.52. The Labute approximate surface area is 202 Å². The van der Waals surface area contributed by atoms with Crippen LogP contribution >= 0.6 is 11.3 Å². The molecule has 4 rings (SSSR count).